The molecule has 0 atom stereocenters. The van der Waals surface area contributed by atoms with E-state index in [1.165, 1.54) is 0 Å². The lowest BCUT2D eigenvalue weighted by Gasteiger charge is -2.02. The minimum Gasteiger partial charge on any atom is -0.274 e. The smallest absolute Gasteiger partial charge is 0.0996 e. The van der Waals surface area contributed by atoms with Crippen molar-refractivity contribution in [2.24, 2.45) is 5.92 Å². The van der Waals surface area contributed by atoms with Gasteiger partial charge in [-0.15, -0.1) is 0 Å². The standard InChI is InChI=1S/C12H17NO/c1-11(2)8-9-13-14-10-12-6-4-3-5-7-12/h3-9,11,13H,10H2,1-2H3. The van der Waals surface area contributed by atoms with Gasteiger partial charge in [0.25, 0.3) is 0 Å². The van der Waals surface area contributed by atoms with Crippen LogP contribution in [0.2, 0.25) is 0 Å². The van der Waals surface area contributed by atoms with Gasteiger partial charge in [-0.05, 0) is 11.5 Å². The van der Waals surface area contributed by atoms with Crippen LogP contribution in [0.5, 0.6) is 0 Å². The molecule has 0 saturated heterocycles. The van der Waals surface area contributed by atoms with Gasteiger partial charge in [0.05, 0.1) is 6.61 Å². The zero-order chi connectivity index (χ0) is 10.2. The van der Waals surface area contributed by atoms with E-state index in [1.54, 1.807) is 0 Å². The maximum atomic E-state index is 5.23. The monoisotopic (exact) mass is 191 g/mol. The fourth-order valence-corrected chi connectivity index (χ4v) is 0.979. The van der Waals surface area contributed by atoms with Crippen LogP contribution in [0.1, 0.15) is 19.4 Å². The van der Waals surface area contributed by atoms with Gasteiger partial charge in [-0.25, -0.2) is 0 Å². The lowest BCUT2D eigenvalue weighted by Crippen LogP contribution is -2.06. The molecule has 0 aromatic heterocycles. The third-order valence-electron chi connectivity index (χ3n) is 1.71. The molecule has 14 heavy (non-hydrogen) atoms. The van der Waals surface area contributed by atoms with Crippen LogP contribution in [0.15, 0.2) is 42.6 Å². The first kappa shape index (κ1) is 10.8. The Balaban J connectivity index is 2.16. The molecule has 2 nitrogen and oxygen atoms in total. The summed E-state index contributed by atoms with van der Waals surface area (Å²) in [6.45, 7) is 4.83. The predicted molar refractivity (Wildman–Crippen MR) is 58.3 cm³/mol. The van der Waals surface area contributed by atoms with E-state index in [9.17, 15) is 0 Å². The van der Waals surface area contributed by atoms with Crippen molar-refractivity contribution in [3.63, 3.8) is 0 Å². The molecule has 2 heteroatoms. The Morgan fingerprint density at radius 1 is 1.29 bits per heavy atom. The molecule has 0 saturated carbocycles. The lowest BCUT2D eigenvalue weighted by molar-refractivity contribution is 0.0572. The summed E-state index contributed by atoms with van der Waals surface area (Å²) in [7, 11) is 0. The first-order valence-corrected chi connectivity index (χ1v) is 4.87. The van der Waals surface area contributed by atoms with E-state index in [0.717, 1.165) is 5.56 Å². The van der Waals surface area contributed by atoms with E-state index in [2.05, 4.69) is 19.3 Å². The van der Waals surface area contributed by atoms with E-state index in [4.69, 9.17) is 4.84 Å². The Bertz CT molecular complexity index is 267. The number of rotatable bonds is 5. The molecule has 0 aliphatic heterocycles. The second kappa shape index (κ2) is 6.22. The normalized spacial score (nSPS) is 11.1. The van der Waals surface area contributed by atoms with Crippen LogP contribution in [0, 0.1) is 5.92 Å². The van der Waals surface area contributed by atoms with Gasteiger partial charge in [-0.3, -0.25) is 10.3 Å². The molecule has 0 heterocycles. The van der Waals surface area contributed by atoms with E-state index >= 15 is 0 Å². The molecule has 1 rings (SSSR count). The lowest BCUT2D eigenvalue weighted by atomic mass is 10.2. The van der Waals surface area contributed by atoms with Crippen molar-refractivity contribution in [3.05, 3.63) is 48.2 Å². The minimum atomic E-state index is 0.544. The molecule has 0 spiro atoms. The molecule has 0 amide bonds. The number of nitrogens with one attached hydrogen (secondary N) is 1. The fraction of sp³-hybridized carbons (Fsp3) is 0.333. The Labute approximate surface area is 85.5 Å². The van der Waals surface area contributed by atoms with Crippen LogP contribution < -0.4 is 5.48 Å². The van der Waals surface area contributed by atoms with Crippen LogP contribution in [0.4, 0.5) is 0 Å². The van der Waals surface area contributed by atoms with Gasteiger partial charge in [0.2, 0.25) is 0 Å². The van der Waals surface area contributed by atoms with Gasteiger partial charge < -0.3 is 0 Å². The molecule has 0 bridgehead atoms. The first-order chi connectivity index (χ1) is 6.79. The summed E-state index contributed by atoms with van der Waals surface area (Å²) in [4.78, 5) is 5.23. The maximum absolute atomic E-state index is 5.23. The SMILES string of the molecule is CC(C)C=CNOCc1ccccc1. The third-order valence-corrected chi connectivity index (χ3v) is 1.71. The zero-order valence-corrected chi connectivity index (χ0v) is 8.73. The molecule has 0 unspecified atom stereocenters. The van der Waals surface area contributed by atoms with Crippen LogP contribution in [-0.4, -0.2) is 0 Å². The van der Waals surface area contributed by atoms with Gasteiger partial charge in [0.1, 0.15) is 0 Å². The van der Waals surface area contributed by atoms with Gasteiger partial charge >= 0.3 is 0 Å². The fourth-order valence-electron chi connectivity index (χ4n) is 0.979. The summed E-state index contributed by atoms with van der Waals surface area (Å²) in [6, 6.07) is 10.1. The van der Waals surface area contributed by atoms with E-state index in [0.29, 0.717) is 12.5 Å². The summed E-state index contributed by atoms with van der Waals surface area (Å²) >= 11 is 0. The van der Waals surface area contributed by atoms with Crippen LogP contribution >= 0.6 is 0 Å². The van der Waals surface area contributed by atoms with Gasteiger partial charge in [0, 0.05) is 6.20 Å². The van der Waals surface area contributed by atoms with Gasteiger partial charge in [0.15, 0.2) is 0 Å². The Hall–Kier alpha value is -1.28. The molecule has 76 valence electrons. The highest BCUT2D eigenvalue weighted by atomic mass is 16.6. The van der Waals surface area contributed by atoms with Crippen molar-refractivity contribution in [2.75, 3.05) is 0 Å². The topological polar surface area (TPSA) is 21.3 Å². The summed E-state index contributed by atoms with van der Waals surface area (Å²) in [6.07, 6.45) is 3.87. The first-order valence-electron chi connectivity index (χ1n) is 4.87. The molecular formula is C12H17NO. The molecule has 1 N–H and O–H groups in total. The molecule has 0 radical (unpaired) electrons. The average Bonchev–Trinajstić information content (AvgIpc) is 2.18. The predicted octanol–water partition coefficient (Wildman–Crippen LogP) is 2.88. The average molecular weight is 191 g/mol. The number of benzene rings is 1. The van der Waals surface area contributed by atoms with Gasteiger partial charge in [-0.2, -0.15) is 0 Å². The Kier molecular flexibility index (Phi) is 4.79. The molecule has 1 aromatic carbocycles. The van der Waals surface area contributed by atoms with Crippen molar-refractivity contribution >= 4 is 0 Å². The van der Waals surface area contributed by atoms with Crippen molar-refractivity contribution in [1.82, 2.24) is 5.48 Å². The Morgan fingerprint density at radius 2 is 2.00 bits per heavy atom. The molecule has 0 fully saturated rings. The van der Waals surface area contributed by atoms with E-state index < -0.39 is 0 Å². The van der Waals surface area contributed by atoms with Crippen molar-refractivity contribution in [3.8, 4) is 0 Å². The number of hydrogen-bond acceptors (Lipinski definition) is 2. The second-order valence-electron chi connectivity index (χ2n) is 3.50. The third kappa shape index (κ3) is 4.67. The maximum Gasteiger partial charge on any atom is 0.0996 e. The quantitative estimate of drug-likeness (QED) is 0.570. The molecule has 0 aliphatic carbocycles. The van der Waals surface area contributed by atoms with Crippen LogP contribution in [0.25, 0.3) is 0 Å². The van der Waals surface area contributed by atoms with Gasteiger partial charge in [-0.1, -0.05) is 50.3 Å². The Morgan fingerprint density at radius 3 is 2.64 bits per heavy atom. The highest BCUT2D eigenvalue weighted by Crippen LogP contribution is 1.99. The number of hydroxylamine groups is 1. The van der Waals surface area contributed by atoms with Crippen molar-refractivity contribution < 1.29 is 4.84 Å². The summed E-state index contributed by atoms with van der Waals surface area (Å²) in [5.74, 6) is 0.544. The van der Waals surface area contributed by atoms with Crippen LogP contribution in [-0.2, 0) is 11.4 Å². The van der Waals surface area contributed by atoms with Crippen molar-refractivity contribution in [2.45, 2.75) is 20.5 Å². The van der Waals surface area contributed by atoms with Crippen LogP contribution in [0.3, 0.4) is 0 Å². The molecule has 0 aliphatic rings. The second-order valence-corrected chi connectivity index (χ2v) is 3.50. The highest BCUT2D eigenvalue weighted by molar-refractivity contribution is 5.13. The summed E-state index contributed by atoms with van der Waals surface area (Å²) in [5, 5.41) is 0. The zero-order valence-electron chi connectivity index (χ0n) is 8.73. The highest BCUT2D eigenvalue weighted by Gasteiger charge is 1.88. The van der Waals surface area contributed by atoms with E-state index in [-0.39, 0.29) is 0 Å². The van der Waals surface area contributed by atoms with E-state index in [1.807, 2.05) is 42.6 Å². The molecule has 1 aromatic rings. The number of allylic oxidation sites excluding steroid dienone is 1. The minimum absolute atomic E-state index is 0.544. The largest absolute Gasteiger partial charge is 0.274 e. The van der Waals surface area contributed by atoms with Crippen molar-refractivity contribution in [1.29, 1.82) is 0 Å². The molecular weight excluding hydrogens is 174 g/mol. The summed E-state index contributed by atoms with van der Waals surface area (Å²) in [5.41, 5.74) is 3.95. The number of hydrogen-bond donors (Lipinski definition) is 1. The summed E-state index contributed by atoms with van der Waals surface area (Å²) < 4.78 is 0.